The van der Waals surface area contributed by atoms with Gasteiger partial charge in [0.1, 0.15) is 0 Å². The largest absolute Gasteiger partial charge is 0.330 e. The predicted molar refractivity (Wildman–Crippen MR) is 62.3 cm³/mol. The maximum atomic E-state index is 5.82. The molecule has 1 aliphatic carbocycles. The smallest absolute Gasteiger partial charge is 0.155 e. The normalized spacial score (nSPS) is 17.9. The first-order valence-electron chi connectivity index (χ1n) is 5.82. The Morgan fingerprint density at radius 3 is 2.94 bits per heavy atom. The summed E-state index contributed by atoms with van der Waals surface area (Å²) >= 11 is 0. The highest BCUT2D eigenvalue weighted by molar-refractivity contribution is 5.41. The molecule has 4 nitrogen and oxygen atoms in total. The third-order valence-electron chi connectivity index (χ3n) is 3.58. The van der Waals surface area contributed by atoms with E-state index in [4.69, 9.17) is 5.73 Å². The van der Waals surface area contributed by atoms with Crippen molar-refractivity contribution < 1.29 is 0 Å². The van der Waals surface area contributed by atoms with Crippen LogP contribution >= 0.6 is 0 Å². The van der Waals surface area contributed by atoms with Crippen LogP contribution in [0.25, 0.3) is 5.65 Å². The molecule has 2 N–H and O–H groups in total. The minimum Gasteiger partial charge on any atom is -0.330 e. The van der Waals surface area contributed by atoms with Crippen molar-refractivity contribution in [1.82, 2.24) is 14.6 Å². The Labute approximate surface area is 94.5 Å². The van der Waals surface area contributed by atoms with Crippen LogP contribution in [-0.2, 0) is 11.8 Å². The summed E-state index contributed by atoms with van der Waals surface area (Å²) in [4.78, 5) is 4.45. The first-order valence-corrected chi connectivity index (χ1v) is 5.82. The lowest BCUT2D eigenvalue weighted by molar-refractivity contribution is 0.689. The zero-order valence-electron chi connectivity index (χ0n) is 9.48. The number of nitrogens with zero attached hydrogens (tertiary/aromatic N) is 3. The van der Waals surface area contributed by atoms with Crippen LogP contribution in [0.15, 0.2) is 18.5 Å². The third-order valence-corrected chi connectivity index (χ3v) is 3.58. The summed E-state index contributed by atoms with van der Waals surface area (Å²) < 4.78 is 1.88. The molecule has 0 spiro atoms. The molecule has 1 aliphatic rings. The standard InChI is InChI=1S/C12H16N4/c1-2-10-5-11-14-6-9(7-16(11)15-10)12(8-13)3-4-12/h5-7H,2-4,8,13H2,1H3. The van der Waals surface area contributed by atoms with Gasteiger partial charge in [0.2, 0.25) is 0 Å². The van der Waals surface area contributed by atoms with E-state index >= 15 is 0 Å². The lowest BCUT2D eigenvalue weighted by Crippen LogP contribution is -2.20. The van der Waals surface area contributed by atoms with Crippen LogP contribution in [0.4, 0.5) is 0 Å². The Hall–Kier alpha value is -1.42. The van der Waals surface area contributed by atoms with Crippen molar-refractivity contribution >= 4 is 5.65 Å². The van der Waals surface area contributed by atoms with Gasteiger partial charge in [-0.1, -0.05) is 6.92 Å². The predicted octanol–water partition coefficient (Wildman–Crippen LogP) is 1.28. The maximum Gasteiger partial charge on any atom is 0.155 e. The summed E-state index contributed by atoms with van der Waals surface area (Å²) in [6.07, 6.45) is 7.34. The number of hydrogen-bond acceptors (Lipinski definition) is 3. The van der Waals surface area contributed by atoms with Gasteiger partial charge in [0.05, 0.1) is 5.69 Å². The summed E-state index contributed by atoms with van der Waals surface area (Å²) in [5, 5.41) is 4.48. The van der Waals surface area contributed by atoms with Gasteiger partial charge in [-0.05, 0) is 24.8 Å². The van der Waals surface area contributed by atoms with E-state index in [2.05, 4.69) is 23.2 Å². The lowest BCUT2D eigenvalue weighted by atomic mass is 10.00. The molecule has 84 valence electrons. The van der Waals surface area contributed by atoms with E-state index in [1.807, 2.05) is 16.8 Å². The second-order valence-electron chi connectivity index (χ2n) is 4.62. The molecular formula is C12H16N4. The molecule has 2 heterocycles. The van der Waals surface area contributed by atoms with Crippen LogP contribution in [0.2, 0.25) is 0 Å². The topological polar surface area (TPSA) is 56.2 Å². The molecule has 0 atom stereocenters. The number of hydrogen-bond donors (Lipinski definition) is 1. The van der Waals surface area contributed by atoms with E-state index in [1.165, 1.54) is 18.4 Å². The van der Waals surface area contributed by atoms with Crippen molar-refractivity contribution in [3.05, 3.63) is 29.7 Å². The molecule has 2 aromatic rings. The monoisotopic (exact) mass is 216 g/mol. The van der Waals surface area contributed by atoms with Gasteiger partial charge in [0, 0.05) is 30.4 Å². The van der Waals surface area contributed by atoms with E-state index in [0.29, 0.717) is 6.54 Å². The van der Waals surface area contributed by atoms with Crippen molar-refractivity contribution in [3.8, 4) is 0 Å². The van der Waals surface area contributed by atoms with Gasteiger partial charge >= 0.3 is 0 Å². The Kier molecular flexibility index (Phi) is 2.01. The fourth-order valence-corrected chi connectivity index (χ4v) is 2.13. The van der Waals surface area contributed by atoms with Crippen molar-refractivity contribution in [2.45, 2.75) is 31.6 Å². The summed E-state index contributed by atoms with van der Waals surface area (Å²) in [6, 6.07) is 2.03. The number of aromatic nitrogens is 3. The average Bonchev–Trinajstić information content (AvgIpc) is 3.01. The van der Waals surface area contributed by atoms with Crippen LogP contribution in [0.1, 0.15) is 31.0 Å². The van der Waals surface area contributed by atoms with Gasteiger partial charge in [0.15, 0.2) is 5.65 Å². The molecule has 16 heavy (non-hydrogen) atoms. The van der Waals surface area contributed by atoms with E-state index < -0.39 is 0 Å². The quantitative estimate of drug-likeness (QED) is 0.841. The molecule has 1 saturated carbocycles. The Balaban J connectivity index is 2.08. The Morgan fingerprint density at radius 1 is 1.50 bits per heavy atom. The average molecular weight is 216 g/mol. The zero-order valence-corrected chi connectivity index (χ0v) is 9.48. The van der Waals surface area contributed by atoms with E-state index in [0.717, 1.165) is 17.8 Å². The lowest BCUT2D eigenvalue weighted by Gasteiger charge is -2.11. The third kappa shape index (κ3) is 1.33. The summed E-state index contributed by atoms with van der Waals surface area (Å²) in [5.74, 6) is 0. The molecule has 1 fully saturated rings. The summed E-state index contributed by atoms with van der Waals surface area (Å²) in [7, 11) is 0. The molecule has 0 radical (unpaired) electrons. The molecule has 4 heteroatoms. The van der Waals surface area contributed by atoms with Crippen LogP contribution in [0.5, 0.6) is 0 Å². The minimum atomic E-state index is 0.194. The Morgan fingerprint density at radius 2 is 2.31 bits per heavy atom. The molecule has 2 aromatic heterocycles. The highest BCUT2D eigenvalue weighted by atomic mass is 15.2. The first-order chi connectivity index (χ1) is 7.77. The van der Waals surface area contributed by atoms with E-state index in [-0.39, 0.29) is 5.41 Å². The van der Waals surface area contributed by atoms with Gasteiger partial charge in [-0.25, -0.2) is 9.50 Å². The second kappa shape index (κ2) is 3.28. The fraction of sp³-hybridized carbons (Fsp3) is 0.500. The molecule has 0 saturated heterocycles. The molecule has 0 bridgehead atoms. The van der Waals surface area contributed by atoms with E-state index in [9.17, 15) is 0 Å². The van der Waals surface area contributed by atoms with Crippen LogP contribution in [0, 0.1) is 0 Å². The Bertz CT molecular complexity index is 525. The van der Waals surface area contributed by atoms with Crippen LogP contribution in [-0.4, -0.2) is 21.1 Å². The van der Waals surface area contributed by atoms with Gasteiger partial charge in [-0.15, -0.1) is 0 Å². The molecule has 0 unspecified atom stereocenters. The molecule has 0 amide bonds. The zero-order chi connectivity index (χ0) is 11.2. The van der Waals surface area contributed by atoms with Gasteiger partial charge < -0.3 is 5.73 Å². The first kappa shape index (κ1) is 9.78. The van der Waals surface area contributed by atoms with Gasteiger partial charge in [-0.2, -0.15) is 5.10 Å². The van der Waals surface area contributed by atoms with E-state index in [1.54, 1.807) is 0 Å². The van der Waals surface area contributed by atoms with Crippen LogP contribution < -0.4 is 5.73 Å². The highest BCUT2D eigenvalue weighted by Crippen LogP contribution is 2.46. The van der Waals surface area contributed by atoms with Gasteiger partial charge in [0.25, 0.3) is 0 Å². The van der Waals surface area contributed by atoms with Crippen molar-refractivity contribution in [3.63, 3.8) is 0 Å². The molecule has 0 aliphatic heterocycles. The number of aryl methyl sites for hydroxylation is 1. The maximum absolute atomic E-state index is 5.82. The van der Waals surface area contributed by atoms with Crippen molar-refractivity contribution in [2.24, 2.45) is 5.73 Å². The van der Waals surface area contributed by atoms with Gasteiger partial charge in [-0.3, -0.25) is 0 Å². The minimum absolute atomic E-state index is 0.194. The van der Waals surface area contributed by atoms with Crippen LogP contribution in [0.3, 0.4) is 0 Å². The van der Waals surface area contributed by atoms with Crippen molar-refractivity contribution in [2.75, 3.05) is 6.54 Å². The molecular weight excluding hydrogens is 200 g/mol. The highest BCUT2D eigenvalue weighted by Gasteiger charge is 2.43. The molecule has 0 aromatic carbocycles. The summed E-state index contributed by atoms with van der Waals surface area (Å²) in [5.41, 5.74) is 9.25. The SMILES string of the molecule is CCc1cc2ncc(C3(CN)CC3)cn2n1. The fourth-order valence-electron chi connectivity index (χ4n) is 2.13. The number of nitrogens with two attached hydrogens (primary N) is 1. The summed E-state index contributed by atoms with van der Waals surface area (Å²) in [6.45, 7) is 2.81. The number of fused-ring (bicyclic) bond motifs is 1. The van der Waals surface area contributed by atoms with Crippen molar-refractivity contribution in [1.29, 1.82) is 0 Å². The number of rotatable bonds is 3. The molecule has 3 rings (SSSR count). The second-order valence-corrected chi connectivity index (χ2v) is 4.62.